The molecule has 0 heterocycles. The topological polar surface area (TPSA) is 39.7 Å². The molecule has 4 nitrogen and oxygen atoms in total. The quantitative estimate of drug-likeness (QED) is 0.583. The summed E-state index contributed by atoms with van der Waals surface area (Å²) in [6, 6.07) is 19.5. The van der Waals surface area contributed by atoms with Crippen LogP contribution >= 0.6 is 0 Å². The minimum atomic E-state index is 0.252. The molecule has 3 rings (SSSR count). The third kappa shape index (κ3) is 4.89. The molecule has 0 amide bonds. The summed E-state index contributed by atoms with van der Waals surface area (Å²) in [7, 11) is 6.05. The summed E-state index contributed by atoms with van der Waals surface area (Å²) in [6.07, 6.45) is 3.79. The molecule has 1 saturated carbocycles. The second-order valence-electron chi connectivity index (χ2n) is 7.79. The van der Waals surface area contributed by atoms with Crippen LogP contribution in [0.2, 0.25) is 0 Å². The van der Waals surface area contributed by atoms with Crippen molar-refractivity contribution in [2.75, 3.05) is 27.7 Å². The third-order valence-corrected chi connectivity index (χ3v) is 5.57. The average molecular weight is 365 g/mol. The Labute approximate surface area is 163 Å². The van der Waals surface area contributed by atoms with Crippen molar-refractivity contribution in [2.45, 2.75) is 37.8 Å². The largest absolute Gasteiger partial charge is 0.356 e. The number of guanidine groups is 1. The van der Waals surface area contributed by atoms with Crippen LogP contribution in [0.15, 0.2) is 59.6 Å². The smallest absolute Gasteiger partial charge is 0.191 e. The third-order valence-electron chi connectivity index (χ3n) is 5.57. The number of aliphatic imine (C=N–C) groups is 1. The van der Waals surface area contributed by atoms with E-state index in [1.165, 1.54) is 36.0 Å². The van der Waals surface area contributed by atoms with Gasteiger partial charge < -0.3 is 15.5 Å². The van der Waals surface area contributed by atoms with E-state index in [2.05, 4.69) is 89.2 Å². The van der Waals surface area contributed by atoms with Crippen LogP contribution in [0.5, 0.6) is 0 Å². The van der Waals surface area contributed by atoms with E-state index in [0.29, 0.717) is 0 Å². The summed E-state index contributed by atoms with van der Waals surface area (Å²) in [5.41, 5.74) is 4.36. The maximum atomic E-state index is 4.43. The van der Waals surface area contributed by atoms with Crippen LogP contribution in [-0.4, -0.2) is 38.5 Å². The number of benzene rings is 2. The first-order chi connectivity index (χ1) is 13.1. The van der Waals surface area contributed by atoms with Crippen LogP contribution in [-0.2, 0) is 18.5 Å². The highest BCUT2D eigenvalue weighted by atomic mass is 15.2. The number of hydrogen-bond acceptors (Lipinski definition) is 2. The molecule has 0 aliphatic heterocycles. The van der Waals surface area contributed by atoms with E-state index in [9.17, 15) is 0 Å². The fourth-order valence-corrected chi connectivity index (χ4v) is 3.84. The van der Waals surface area contributed by atoms with Crippen molar-refractivity contribution < 1.29 is 0 Å². The average Bonchev–Trinajstić information content (AvgIpc) is 2.65. The number of hydrogen-bond donors (Lipinski definition) is 2. The van der Waals surface area contributed by atoms with Crippen molar-refractivity contribution in [1.82, 2.24) is 15.5 Å². The van der Waals surface area contributed by atoms with Crippen molar-refractivity contribution >= 4 is 5.96 Å². The van der Waals surface area contributed by atoms with E-state index in [0.717, 1.165) is 25.6 Å². The van der Waals surface area contributed by atoms with Crippen molar-refractivity contribution in [3.8, 4) is 0 Å². The Morgan fingerprint density at radius 3 is 2.22 bits per heavy atom. The molecule has 0 aromatic heterocycles. The summed E-state index contributed by atoms with van der Waals surface area (Å²) >= 11 is 0. The predicted octanol–water partition coefficient (Wildman–Crippen LogP) is 3.54. The molecule has 0 spiro atoms. The highest BCUT2D eigenvalue weighted by Crippen LogP contribution is 2.43. The van der Waals surface area contributed by atoms with Gasteiger partial charge in [-0.1, -0.05) is 61.0 Å². The highest BCUT2D eigenvalue weighted by Gasteiger charge is 2.38. The Morgan fingerprint density at radius 2 is 1.63 bits per heavy atom. The summed E-state index contributed by atoms with van der Waals surface area (Å²) in [5, 5.41) is 7.06. The standard InChI is InChI=1S/C23H32N4/c1-24-22(25-16-19-10-7-8-11-20(19)17-27(2)3)26-18-23(14-9-15-23)21-12-5-4-6-13-21/h4-8,10-13H,9,14-18H2,1-3H3,(H2,24,25,26). The van der Waals surface area contributed by atoms with Crippen LogP contribution in [0, 0.1) is 0 Å². The van der Waals surface area contributed by atoms with Crippen molar-refractivity contribution in [3.63, 3.8) is 0 Å². The molecule has 2 aromatic rings. The lowest BCUT2D eigenvalue weighted by molar-refractivity contribution is 0.244. The highest BCUT2D eigenvalue weighted by molar-refractivity contribution is 5.79. The van der Waals surface area contributed by atoms with Gasteiger partial charge in [-0.15, -0.1) is 0 Å². The first-order valence-corrected chi connectivity index (χ1v) is 9.84. The first-order valence-electron chi connectivity index (χ1n) is 9.84. The molecule has 0 atom stereocenters. The Bertz CT molecular complexity index is 748. The van der Waals surface area contributed by atoms with E-state index < -0.39 is 0 Å². The monoisotopic (exact) mass is 364 g/mol. The minimum Gasteiger partial charge on any atom is -0.356 e. The van der Waals surface area contributed by atoms with Gasteiger partial charge in [0, 0.05) is 32.1 Å². The van der Waals surface area contributed by atoms with E-state index in [1.54, 1.807) is 0 Å². The Balaban J connectivity index is 1.59. The van der Waals surface area contributed by atoms with Crippen molar-refractivity contribution in [3.05, 3.63) is 71.3 Å². The van der Waals surface area contributed by atoms with Gasteiger partial charge in [0.25, 0.3) is 0 Å². The SMILES string of the molecule is CN=C(NCc1ccccc1CN(C)C)NCC1(c2ccccc2)CCC1. The predicted molar refractivity (Wildman–Crippen MR) is 114 cm³/mol. The molecule has 0 bridgehead atoms. The van der Waals surface area contributed by atoms with Crippen molar-refractivity contribution in [1.29, 1.82) is 0 Å². The van der Waals surface area contributed by atoms with Crippen LogP contribution in [0.1, 0.15) is 36.0 Å². The van der Waals surface area contributed by atoms with Gasteiger partial charge in [-0.2, -0.15) is 0 Å². The molecule has 1 fully saturated rings. The molecule has 0 radical (unpaired) electrons. The molecule has 0 saturated heterocycles. The second-order valence-corrected chi connectivity index (χ2v) is 7.79. The lowest BCUT2D eigenvalue weighted by atomic mass is 9.64. The number of rotatable bonds is 7. The van der Waals surface area contributed by atoms with Crippen LogP contribution in [0.4, 0.5) is 0 Å². The minimum absolute atomic E-state index is 0.252. The van der Waals surface area contributed by atoms with Gasteiger partial charge in [-0.3, -0.25) is 4.99 Å². The Morgan fingerprint density at radius 1 is 0.963 bits per heavy atom. The van der Waals surface area contributed by atoms with E-state index in [4.69, 9.17) is 0 Å². The molecule has 1 aliphatic carbocycles. The summed E-state index contributed by atoms with van der Waals surface area (Å²) in [5.74, 6) is 0.872. The van der Waals surface area contributed by atoms with Gasteiger partial charge in [0.2, 0.25) is 0 Å². The molecular weight excluding hydrogens is 332 g/mol. The zero-order valence-electron chi connectivity index (χ0n) is 16.8. The number of nitrogens with one attached hydrogen (secondary N) is 2. The van der Waals surface area contributed by atoms with Gasteiger partial charge >= 0.3 is 0 Å². The Kier molecular flexibility index (Phi) is 6.51. The Hall–Kier alpha value is -2.33. The molecule has 2 aromatic carbocycles. The fourth-order valence-electron chi connectivity index (χ4n) is 3.84. The second kappa shape index (κ2) is 9.05. The van der Waals surface area contributed by atoms with Gasteiger partial charge in [0.15, 0.2) is 5.96 Å². The zero-order valence-corrected chi connectivity index (χ0v) is 16.8. The summed E-state index contributed by atoms with van der Waals surface area (Å²) in [6.45, 7) is 2.65. The molecule has 144 valence electrons. The van der Waals surface area contributed by atoms with Gasteiger partial charge in [0.05, 0.1) is 0 Å². The van der Waals surface area contributed by atoms with E-state index >= 15 is 0 Å². The zero-order chi connectivity index (χ0) is 19.1. The van der Waals surface area contributed by atoms with Crippen LogP contribution < -0.4 is 10.6 Å². The molecular formula is C23H32N4. The summed E-state index contributed by atoms with van der Waals surface area (Å²) < 4.78 is 0. The van der Waals surface area contributed by atoms with Gasteiger partial charge in [-0.05, 0) is 43.6 Å². The molecule has 0 unspecified atom stereocenters. The lowest BCUT2D eigenvalue weighted by Gasteiger charge is -2.43. The maximum Gasteiger partial charge on any atom is 0.191 e. The van der Waals surface area contributed by atoms with Gasteiger partial charge in [-0.25, -0.2) is 0 Å². The number of nitrogens with zero attached hydrogens (tertiary/aromatic N) is 2. The fraction of sp³-hybridized carbons (Fsp3) is 0.435. The normalized spacial score (nSPS) is 16.1. The van der Waals surface area contributed by atoms with Crippen LogP contribution in [0.3, 0.4) is 0 Å². The lowest BCUT2D eigenvalue weighted by Crippen LogP contribution is -2.48. The van der Waals surface area contributed by atoms with Crippen LogP contribution in [0.25, 0.3) is 0 Å². The molecule has 1 aliphatic rings. The summed E-state index contributed by atoms with van der Waals surface area (Å²) in [4.78, 5) is 6.63. The maximum absolute atomic E-state index is 4.43. The molecule has 27 heavy (non-hydrogen) atoms. The van der Waals surface area contributed by atoms with Crippen molar-refractivity contribution in [2.24, 2.45) is 4.99 Å². The first kappa shape index (κ1) is 19.4. The van der Waals surface area contributed by atoms with Gasteiger partial charge in [0.1, 0.15) is 0 Å². The van der Waals surface area contributed by atoms with E-state index in [1.807, 2.05) is 7.05 Å². The molecule has 4 heteroatoms. The molecule has 2 N–H and O–H groups in total. The van der Waals surface area contributed by atoms with E-state index in [-0.39, 0.29) is 5.41 Å².